The highest BCUT2D eigenvalue weighted by Crippen LogP contribution is 2.36. The molecule has 0 spiro atoms. The first-order valence-electron chi connectivity index (χ1n) is 14.7. The van der Waals surface area contributed by atoms with E-state index in [-0.39, 0.29) is 33.6 Å². The molecule has 4 aromatic rings. The van der Waals surface area contributed by atoms with Crippen molar-refractivity contribution in [3.63, 3.8) is 0 Å². The number of benzene rings is 4. The van der Waals surface area contributed by atoms with Crippen LogP contribution in [-0.4, -0.2) is 74.9 Å². The number of nitrogens with zero attached hydrogens (tertiary/aromatic N) is 2. The summed E-state index contributed by atoms with van der Waals surface area (Å²) in [5.74, 6) is -1.53. The van der Waals surface area contributed by atoms with Crippen LogP contribution < -0.4 is 10.9 Å². The standard InChI is InChI=1S/C32H22N4O14S4/c37-31-23-7-3-1-5-19(23)29(53(45,46)47)15-25(31)35-33-17-9-11-21(27(13-17)51(39,40)41)22-12-10-18(14-28(22)52(42,43)44)34-36-26-16-30(54(48,49)50)20-6-2-4-8-24(20)32(26)38/h1-16,33-34H,(H,39,40,41)(H,42,43,44)(H,45,46,47)(H,48,49,50)/b35-25+,36-26+. The van der Waals surface area contributed by atoms with Crippen LogP contribution in [0.3, 0.4) is 0 Å². The predicted molar refractivity (Wildman–Crippen MR) is 194 cm³/mol. The Morgan fingerprint density at radius 3 is 1.07 bits per heavy atom. The summed E-state index contributed by atoms with van der Waals surface area (Å²) in [5.41, 5.74) is 1.95. The van der Waals surface area contributed by atoms with Gasteiger partial charge in [-0.3, -0.25) is 38.7 Å². The van der Waals surface area contributed by atoms with Crippen LogP contribution in [0.4, 0.5) is 11.4 Å². The van der Waals surface area contributed by atoms with Gasteiger partial charge in [-0.25, -0.2) is 0 Å². The number of allylic oxidation sites excluding steroid dienone is 2. The van der Waals surface area contributed by atoms with Crippen LogP contribution in [0.25, 0.3) is 20.9 Å². The van der Waals surface area contributed by atoms with Crippen LogP contribution in [0.1, 0.15) is 31.8 Å². The number of hydrogen-bond acceptors (Lipinski definition) is 14. The molecule has 0 aliphatic heterocycles. The average Bonchev–Trinajstić information content (AvgIpc) is 3.09. The fraction of sp³-hybridized carbons (Fsp3) is 0. The summed E-state index contributed by atoms with van der Waals surface area (Å²) in [6.45, 7) is 0. The number of nitrogens with one attached hydrogen (secondary N) is 2. The quantitative estimate of drug-likeness (QED) is 0.104. The minimum atomic E-state index is -5.18. The fourth-order valence-electron chi connectivity index (χ4n) is 5.50. The van der Waals surface area contributed by atoms with Crippen molar-refractivity contribution < 1.29 is 61.5 Å². The van der Waals surface area contributed by atoms with E-state index in [1.807, 2.05) is 0 Å². The average molecular weight is 815 g/mol. The number of Topliss-reactive ketones (excluding diaryl/α,β-unsaturated/α-hetero) is 2. The Morgan fingerprint density at radius 2 is 0.759 bits per heavy atom. The summed E-state index contributed by atoms with van der Waals surface area (Å²) in [4.78, 5) is 22.9. The topological polar surface area (TPSA) is 300 Å². The summed E-state index contributed by atoms with van der Waals surface area (Å²) >= 11 is 0. The molecule has 2 aliphatic rings. The van der Waals surface area contributed by atoms with Crippen LogP contribution in [0.15, 0.2) is 117 Å². The van der Waals surface area contributed by atoms with E-state index in [1.165, 1.54) is 48.5 Å². The van der Waals surface area contributed by atoms with Crippen LogP contribution in [0.5, 0.6) is 0 Å². The second-order valence-corrected chi connectivity index (χ2v) is 16.9. The largest absolute Gasteiger partial charge is 0.295 e. The van der Waals surface area contributed by atoms with Gasteiger partial charge in [-0.05, 0) is 36.4 Å². The van der Waals surface area contributed by atoms with Gasteiger partial charge >= 0.3 is 0 Å². The summed E-state index contributed by atoms with van der Waals surface area (Å²) in [6, 6.07) is 16.8. The van der Waals surface area contributed by atoms with Gasteiger partial charge in [-0.15, -0.1) is 0 Å². The lowest BCUT2D eigenvalue weighted by molar-refractivity contribution is 0.105. The van der Waals surface area contributed by atoms with Crippen molar-refractivity contribution >= 4 is 84.6 Å². The first-order chi connectivity index (χ1) is 25.1. The molecule has 4 aromatic carbocycles. The van der Waals surface area contributed by atoms with E-state index >= 15 is 0 Å². The van der Waals surface area contributed by atoms with Crippen molar-refractivity contribution in [1.29, 1.82) is 0 Å². The molecule has 6 N–H and O–H groups in total. The van der Waals surface area contributed by atoms with Gasteiger partial charge in [0.2, 0.25) is 11.6 Å². The Kier molecular flexibility index (Phi) is 9.58. The molecular formula is C32H22N4O14S4. The molecule has 278 valence electrons. The van der Waals surface area contributed by atoms with Crippen molar-refractivity contribution in [1.82, 2.24) is 0 Å². The number of carbonyl (C=O) groups excluding carboxylic acids is 2. The molecule has 0 amide bonds. The van der Waals surface area contributed by atoms with E-state index in [0.29, 0.717) is 0 Å². The molecule has 0 fully saturated rings. The van der Waals surface area contributed by atoms with Crippen LogP contribution >= 0.6 is 0 Å². The van der Waals surface area contributed by atoms with E-state index in [2.05, 4.69) is 21.1 Å². The highest BCUT2D eigenvalue weighted by atomic mass is 32.2. The number of rotatable bonds is 9. The third kappa shape index (κ3) is 7.53. The summed E-state index contributed by atoms with van der Waals surface area (Å²) in [7, 11) is -20.0. The molecule has 18 nitrogen and oxygen atoms in total. The third-order valence-corrected chi connectivity index (χ3v) is 11.4. The molecule has 2 aliphatic carbocycles. The highest BCUT2D eigenvalue weighted by Gasteiger charge is 2.32. The number of hydrazone groups is 2. The summed E-state index contributed by atoms with van der Waals surface area (Å²) < 4.78 is 138. The van der Waals surface area contributed by atoms with Gasteiger partial charge in [0, 0.05) is 33.4 Å². The molecule has 0 unspecified atom stereocenters. The van der Waals surface area contributed by atoms with Crippen molar-refractivity contribution in [2.24, 2.45) is 10.2 Å². The second-order valence-electron chi connectivity index (χ2n) is 11.3. The lowest BCUT2D eigenvalue weighted by atomic mass is 9.95. The molecule has 0 atom stereocenters. The zero-order valence-electron chi connectivity index (χ0n) is 26.6. The van der Waals surface area contributed by atoms with E-state index in [0.717, 1.165) is 48.6 Å². The Morgan fingerprint density at radius 1 is 0.426 bits per heavy atom. The first-order valence-corrected chi connectivity index (χ1v) is 20.5. The van der Waals surface area contributed by atoms with E-state index in [4.69, 9.17) is 0 Å². The van der Waals surface area contributed by atoms with Gasteiger partial charge in [-0.2, -0.15) is 43.9 Å². The van der Waals surface area contributed by atoms with Gasteiger partial charge in [-0.1, -0.05) is 60.7 Å². The smallest absolute Gasteiger partial charge is 0.287 e. The van der Waals surface area contributed by atoms with Crippen LogP contribution in [0.2, 0.25) is 0 Å². The molecule has 0 heterocycles. The highest BCUT2D eigenvalue weighted by molar-refractivity contribution is 7.95. The Labute approximate surface area is 306 Å². The predicted octanol–water partition coefficient (Wildman–Crippen LogP) is 3.63. The van der Waals surface area contributed by atoms with E-state index in [9.17, 15) is 61.5 Å². The molecule has 54 heavy (non-hydrogen) atoms. The van der Waals surface area contributed by atoms with Crippen molar-refractivity contribution in [2.75, 3.05) is 10.9 Å². The first kappa shape index (κ1) is 38.0. The zero-order valence-corrected chi connectivity index (χ0v) is 29.9. The molecule has 6 rings (SSSR count). The summed E-state index contributed by atoms with van der Waals surface area (Å²) in [5, 5.41) is 7.69. The molecule has 0 radical (unpaired) electrons. The van der Waals surface area contributed by atoms with Crippen molar-refractivity contribution in [3.8, 4) is 11.1 Å². The Hall–Kier alpha value is -5.72. The number of hydrogen-bond donors (Lipinski definition) is 6. The number of carbonyl (C=O) groups is 2. The van der Waals surface area contributed by atoms with Crippen molar-refractivity contribution in [3.05, 3.63) is 119 Å². The Balaban J connectivity index is 1.37. The lowest BCUT2D eigenvalue weighted by Gasteiger charge is -2.17. The monoisotopic (exact) mass is 814 g/mol. The normalized spacial score (nSPS) is 16.4. The molecule has 22 heteroatoms. The van der Waals surface area contributed by atoms with Crippen molar-refractivity contribution in [2.45, 2.75) is 9.79 Å². The van der Waals surface area contributed by atoms with E-state index < -0.39 is 94.2 Å². The van der Waals surface area contributed by atoms with Crippen LogP contribution in [-0.2, 0) is 40.5 Å². The van der Waals surface area contributed by atoms with E-state index in [1.54, 1.807) is 0 Å². The maximum atomic E-state index is 13.0. The van der Waals surface area contributed by atoms with Crippen LogP contribution in [0, 0.1) is 0 Å². The number of anilines is 2. The van der Waals surface area contributed by atoms with Gasteiger partial charge in [0.05, 0.1) is 11.4 Å². The maximum absolute atomic E-state index is 13.0. The maximum Gasteiger partial charge on any atom is 0.295 e. The minimum absolute atomic E-state index is 0.0818. The third-order valence-electron chi connectivity index (χ3n) is 7.85. The molecule has 0 aromatic heterocycles. The fourth-order valence-corrected chi connectivity index (χ4v) is 8.40. The van der Waals surface area contributed by atoms with Gasteiger partial charge in [0.25, 0.3) is 40.5 Å². The number of ketones is 2. The molecule has 0 saturated carbocycles. The SMILES string of the molecule is O=C1/C(=N/Nc2ccc(-c3ccc(N/N=C4\C=C(S(=O)(=O)O)c5ccccc5C4=O)cc3S(=O)(=O)O)c(S(=O)(=O)O)c2)C=C(S(=O)(=O)O)c2ccccc21. The lowest BCUT2D eigenvalue weighted by Crippen LogP contribution is -2.22. The summed E-state index contributed by atoms with van der Waals surface area (Å²) in [6.07, 6.45) is 1.58. The van der Waals surface area contributed by atoms with Gasteiger partial charge < -0.3 is 0 Å². The molecule has 0 saturated heterocycles. The molecule has 0 bridgehead atoms. The minimum Gasteiger partial charge on any atom is -0.287 e. The van der Waals surface area contributed by atoms with Gasteiger partial charge in [0.15, 0.2) is 0 Å². The van der Waals surface area contributed by atoms with Gasteiger partial charge in [0.1, 0.15) is 31.0 Å². The number of fused-ring (bicyclic) bond motifs is 2. The second kappa shape index (κ2) is 13.6. The molecular weight excluding hydrogens is 793 g/mol. The zero-order chi connectivity index (χ0) is 39.4. The Bertz CT molecular complexity index is 2720.